The van der Waals surface area contributed by atoms with Gasteiger partial charge in [-0.15, -0.1) is 0 Å². The van der Waals surface area contributed by atoms with Crippen LogP contribution >= 0.6 is 0 Å². The Labute approximate surface area is 158 Å². The minimum atomic E-state index is -3.68. The minimum absolute atomic E-state index is 0.128. The number of benzene rings is 1. The molecule has 0 spiro atoms. The Morgan fingerprint density at radius 1 is 1.30 bits per heavy atom. The Morgan fingerprint density at radius 3 is 2.81 bits per heavy atom. The van der Waals surface area contributed by atoms with Crippen LogP contribution in [0.1, 0.15) is 22.8 Å². The first kappa shape index (κ1) is 18.0. The molecule has 1 amide bonds. The van der Waals surface area contributed by atoms with Crippen LogP contribution in [0.25, 0.3) is 0 Å². The molecular weight excluding hydrogens is 368 g/mol. The number of sulfonamides is 1. The number of piperazine rings is 1. The first-order valence-electron chi connectivity index (χ1n) is 8.92. The number of nitrogens with zero attached hydrogens (tertiary/aromatic N) is 4. The van der Waals surface area contributed by atoms with Gasteiger partial charge in [-0.05, 0) is 18.6 Å². The average molecular weight is 390 g/mol. The van der Waals surface area contributed by atoms with E-state index in [-0.39, 0.29) is 29.9 Å². The summed E-state index contributed by atoms with van der Waals surface area (Å²) in [6.07, 6.45) is 3.92. The number of amides is 1. The van der Waals surface area contributed by atoms with Gasteiger partial charge >= 0.3 is 0 Å². The van der Waals surface area contributed by atoms with Crippen molar-refractivity contribution < 1.29 is 17.9 Å². The Bertz CT molecular complexity index is 985. The number of ether oxygens (including phenoxy) is 1. The van der Waals surface area contributed by atoms with E-state index in [1.165, 1.54) is 10.5 Å². The number of carbonyl (C=O) groups is 1. The predicted molar refractivity (Wildman–Crippen MR) is 98.1 cm³/mol. The van der Waals surface area contributed by atoms with Gasteiger partial charge in [-0.3, -0.25) is 9.48 Å². The van der Waals surface area contributed by atoms with Crippen LogP contribution in [0.4, 0.5) is 0 Å². The summed E-state index contributed by atoms with van der Waals surface area (Å²) < 4.78 is 34.9. The maximum absolute atomic E-state index is 13.2. The van der Waals surface area contributed by atoms with Crippen LogP contribution < -0.4 is 4.74 Å². The highest BCUT2D eigenvalue weighted by molar-refractivity contribution is 7.89. The molecule has 27 heavy (non-hydrogen) atoms. The highest BCUT2D eigenvalue weighted by atomic mass is 32.2. The topological polar surface area (TPSA) is 84.7 Å². The van der Waals surface area contributed by atoms with Gasteiger partial charge in [0.1, 0.15) is 10.6 Å². The molecule has 1 aromatic carbocycles. The summed E-state index contributed by atoms with van der Waals surface area (Å²) in [6, 6.07) is 5.01. The fourth-order valence-electron chi connectivity index (χ4n) is 3.67. The third kappa shape index (κ3) is 3.10. The number of hydrogen-bond acceptors (Lipinski definition) is 5. The van der Waals surface area contributed by atoms with E-state index in [1.807, 2.05) is 13.0 Å². The smallest absolute Gasteiger partial charge is 0.257 e. The number of aromatic nitrogens is 2. The van der Waals surface area contributed by atoms with Gasteiger partial charge in [-0.1, -0.05) is 12.1 Å². The maximum atomic E-state index is 13.2. The van der Waals surface area contributed by atoms with E-state index >= 15 is 0 Å². The second kappa shape index (κ2) is 6.65. The number of carbonyl (C=O) groups excluding carboxylic acids is 1. The molecule has 1 saturated heterocycles. The average Bonchev–Trinajstić information content (AvgIpc) is 3.29. The van der Waals surface area contributed by atoms with E-state index in [0.29, 0.717) is 24.5 Å². The lowest BCUT2D eigenvalue weighted by Crippen LogP contribution is -2.55. The van der Waals surface area contributed by atoms with Crippen LogP contribution in [0, 0.1) is 0 Å². The first-order valence-corrected chi connectivity index (χ1v) is 10.4. The van der Waals surface area contributed by atoms with E-state index in [2.05, 4.69) is 5.10 Å². The summed E-state index contributed by atoms with van der Waals surface area (Å²) in [7, 11) is -1.92. The summed E-state index contributed by atoms with van der Waals surface area (Å²) in [5.41, 5.74) is 1.43. The lowest BCUT2D eigenvalue weighted by Gasteiger charge is -2.39. The zero-order valence-corrected chi connectivity index (χ0v) is 16.1. The van der Waals surface area contributed by atoms with Crippen molar-refractivity contribution in [2.45, 2.75) is 24.3 Å². The van der Waals surface area contributed by atoms with Crippen molar-refractivity contribution in [1.82, 2.24) is 19.0 Å². The van der Waals surface area contributed by atoms with Gasteiger partial charge in [0.05, 0.1) is 18.4 Å². The minimum Gasteiger partial charge on any atom is -0.492 e. The van der Waals surface area contributed by atoms with Crippen molar-refractivity contribution in [1.29, 1.82) is 0 Å². The summed E-state index contributed by atoms with van der Waals surface area (Å²) in [6.45, 7) is 3.21. The molecule has 0 N–H and O–H groups in total. The van der Waals surface area contributed by atoms with Crippen LogP contribution in [0.15, 0.2) is 35.5 Å². The normalized spacial score (nSPS) is 20.4. The Morgan fingerprint density at radius 2 is 2.11 bits per heavy atom. The van der Waals surface area contributed by atoms with Crippen molar-refractivity contribution >= 4 is 15.9 Å². The molecule has 0 unspecified atom stereocenters. The van der Waals surface area contributed by atoms with Crippen LogP contribution in [0.2, 0.25) is 0 Å². The second-order valence-electron chi connectivity index (χ2n) is 6.96. The van der Waals surface area contributed by atoms with Crippen molar-refractivity contribution in [3.8, 4) is 5.75 Å². The van der Waals surface area contributed by atoms with E-state index in [0.717, 1.165) is 12.0 Å². The van der Waals surface area contributed by atoms with Gasteiger partial charge in [-0.2, -0.15) is 9.40 Å². The molecule has 2 aliphatic heterocycles. The summed E-state index contributed by atoms with van der Waals surface area (Å²) in [4.78, 5) is 14.6. The molecule has 1 fully saturated rings. The largest absolute Gasteiger partial charge is 0.492 e. The van der Waals surface area contributed by atoms with Crippen molar-refractivity contribution in [3.63, 3.8) is 0 Å². The standard InChI is InChI=1S/C18H22N4O4S/c1-13-11-21(7-8-22(13)18(23)15-10-19-20(2)12-15)27(24,25)16-5-3-4-14-6-9-26-17(14)16/h3-5,10,12-13H,6-9,11H2,1-2H3/t13-/m0/s1. The SMILES string of the molecule is C[C@H]1CN(S(=O)(=O)c2cccc3c2OCC3)CCN1C(=O)c1cnn(C)c1. The van der Waals surface area contributed by atoms with Crippen molar-refractivity contribution in [2.24, 2.45) is 7.05 Å². The molecular formula is C18H22N4O4S. The third-order valence-corrected chi connectivity index (χ3v) is 6.99. The number of rotatable bonds is 3. The number of aryl methyl sites for hydroxylation is 1. The monoisotopic (exact) mass is 390 g/mol. The molecule has 2 aliphatic rings. The molecule has 1 atom stereocenters. The molecule has 9 heteroatoms. The zero-order chi connectivity index (χ0) is 19.2. The quantitative estimate of drug-likeness (QED) is 0.777. The summed E-state index contributed by atoms with van der Waals surface area (Å²) >= 11 is 0. The maximum Gasteiger partial charge on any atom is 0.257 e. The van der Waals surface area contributed by atoms with Gasteiger partial charge in [0.25, 0.3) is 5.91 Å². The highest BCUT2D eigenvalue weighted by Gasteiger charge is 2.37. The van der Waals surface area contributed by atoms with Gasteiger partial charge < -0.3 is 9.64 Å². The van der Waals surface area contributed by atoms with Crippen molar-refractivity contribution in [2.75, 3.05) is 26.2 Å². The third-order valence-electron chi connectivity index (χ3n) is 5.10. The Hall–Kier alpha value is -2.39. The van der Waals surface area contributed by atoms with E-state index < -0.39 is 10.0 Å². The highest BCUT2D eigenvalue weighted by Crippen LogP contribution is 2.35. The van der Waals surface area contributed by atoms with Crippen LogP contribution in [-0.4, -0.2) is 65.6 Å². The Kier molecular flexibility index (Phi) is 4.43. The van der Waals surface area contributed by atoms with Gasteiger partial charge in [0.2, 0.25) is 10.0 Å². The summed E-state index contributed by atoms with van der Waals surface area (Å²) in [5, 5.41) is 4.03. The molecule has 0 bridgehead atoms. The van der Waals surface area contributed by atoms with E-state index in [4.69, 9.17) is 4.74 Å². The number of para-hydroxylation sites is 1. The fourth-order valence-corrected chi connectivity index (χ4v) is 5.36. The zero-order valence-electron chi connectivity index (χ0n) is 15.3. The molecule has 2 aromatic rings. The van der Waals surface area contributed by atoms with Crippen LogP contribution in [-0.2, 0) is 23.5 Å². The first-order chi connectivity index (χ1) is 12.9. The number of hydrogen-bond donors (Lipinski definition) is 0. The molecule has 0 saturated carbocycles. The number of fused-ring (bicyclic) bond motifs is 1. The van der Waals surface area contributed by atoms with Crippen LogP contribution in [0.3, 0.4) is 0 Å². The van der Waals surface area contributed by atoms with E-state index in [1.54, 1.807) is 35.0 Å². The Balaban J connectivity index is 1.54. The molecule has 144 valence electrons. The predicted octanol–water partition coefficient (Wildman–Crippen LogP) is 0.890. The van der Waals surface area contributed by atoms with Gasteiger partial charge in [0, 0.05) is 45.3 Å². The van der Waals surface area contributed by atoms with Crippen LogP contribution in [0.5, 0.6) is 5.75 Å². The van der Waals surface area contributed by atoms with E-state index in [9.17, 15) is 13.2 Å². The second-order valence-corrected chi connectivity index (χ2v) is 8.86. The van der Waals surface area contributed by atoms with Gasteiger partial charge in [-0.25, -0.2) is 8.42 Å². The molecule has 1 aromatic heterocycles. The van der Waals surface area contributed by atoms with Crippen molar-refractivity contribution in [3.05, 3.63) is 41.7 Å². The lowest BCUT2D eigenvalue weighted by molar-refractivity contribution is 0.0591. The summed E-state index contributed by atoms with van der Waals surface area (Å²) in [5.74, 6) is 0.343. The molecule has 4 rings (SSSR count). The lowest BCUT2D eigenvalue weighted by atomic mass is 10.2. The molecule has 8 nitrogen and oxygen atoms in total. The molecule has 3 heterocycles. The molecule has 0 aliphatic carbocycles. The van der Waals surface area contributed by atoms with Gasteiger partial charge in [0.15, 0.2) is 0 Å². The molecule has 0 radical (unpaired) electrons. The fraction of sp³-hybridized carbons (Fsp3) is 0.444.